The number of rotatable bonds is 7. The van der Waals surface area contributed by atoms with Crippen LogP contribution in [0.5, 0.6) is 5.75 Å². The van der Waals surface area contributed by atoms with Gasteiger partial charge in [0.15, 0.2) is 0 Å². The quantitative estimate of drug-likeness (QED) is 0.304. The van der Waals surface area contributed by atoms with E-state index in [1.54, 1.807) is 6.07 Å². The van der Waals surface area contributed by atoms with Crippen LogP contribution in [0.2, 0.25) is 5.02 Å². The van der Waals surface area contributed by atoms with E-state index in [9.17, 15) is 0 Å². The van der Waals surface area contributed by atoms with E-state index >= 15 is 0 Å². The molecule has 128 valence electrons. The molecule has 1 aromatic carbocycles. The zero-order valence-electron chi connectivity index (χ0n) is 13.7. The lowest BCUT2D eigenvalue weighted by molar-refractivity contribution is 0.0739. The minimum atomic E-state index is 0.0538. The molecule has 0 aromatic heterocycles. The summed E-state index contributed by atoms with van der Waals surface area (Å²) in [6.07, 6.45) is 0.668. The smallest absolute Gasteiger partial charge is 0.221 e. The first-order valence-electron chi connectivity index (χ1n) is 7.32. The van der Waals surface area contributed by atoms with Gasteiger partial charge in [-0.2, -0.15) is 4.99 Å². The third-order valence-electron chi connectivity index (χ3n) is 2.60. The fourth-order valence-corrected chi connectivity index (χ4v) is 1.72. The molecule has 0 radical (unpaired) electrons. The minimum Gasteiger partial charge on any atom is -0.493 e. The lowest BCUT2D eigenvalue weighted by Crippen LogP contribution is -2.34. The van der Waals surface area contributed by atoms with Gasteiger partial charge in [0, 0.05) is 17.5 Å². The number of ether oxygens (including phenoxy) is 1. The molecule has 0 spiro atoms. The van der Waals surface area contributed by atoms with Gasteiger partial charge < -0.3 is 16.2 Å². The number of nitrogens with one attached hydrogen (secondary N) is 1. The van der Waals surface area contributed by atoms with Crippen LogP contribution < -0.4 is 21.7 Å². The van der Waals surface area contributed by atoms with Crippen molar-refractivity contribution in [2.75, 3.05) is 13.2 Å². The van der Waals surface area contributed by atoms with E-state index < -0.39 is 0 Å². The molecule has 0 saturated carbocycles. The van der Waals surface area contributed by atoms with Crippen molar-refractivity contribution >= 4 is 23.5 Å². The first-order valence-corrected chi connectivity index (χ1v) is 7.70. The molecular formula is C15H24ClN5O2. The van der Waals surface area contributed by atoms with Crippen LogP contribution in [0, 0.1) is 6.92 Å². The van der Waals surface area contributed by atoms with Gasteiger partial charge in [-0.15, -0.1) is 0 Å². The van der Waals surface area contributed by atoms with Crippen molar-refractivity contribution in [1.82, 2.24) is 5.48 Å². The van der Waals surface area contributed by atoms with Crippen molar-refractivity contribution in [2.24, 2.45) is 21.5 Å². The predicted molar refractivity (Wildman–Crippen MR) is 93.8 cm³/mol. The van der Waals surface area contributed by atoms with E-state index in [1.807, 2.05) is 32.9 Å². The molecule has 5 N–H and O–H groups in total. The third kappa shape index (κ3) is 8.27. The summed E-state index contributed by atoms with van der Waals surface area (Å²) in [6.45, 7) is 6.62. The van der Waals surface area contributed by atoms with Crippen molar-refractivity contribution in [3.8, 4) is 5.75 Å². The molecule has 7 nitrogen and oxygen atoms in total. The van der Waals surface area contributed by atoms with Gasteiger partial charge in [0.05, 0.1) is 13.2 Å². The maximum absolute atomic E-state index is 6.02. The summed E-state index contributed by atoms with van der Waals surface area (Å²) >= 11 is 6.02. The first-order chi connectivity index (χ1) is 10.9. The number of hydroxylamine groups is 1. The van der Waals surface area contributed by atoms with Gasteiger partial charge in [-0.25, -0.2) is 10.5 Å². The Hall–Kier alpha value is -1.99. The fourth-order valence-electron chi connectivity index (χ4n) is 1.55. The van der Waals surface area contributed by atoms with Gasteiger partial charge in [-0.05, 0) is 38.5 Å². The predicted octanol–water partition coefficient (Wildman–Crippen LogP) is 1.98. The second-order valence-electron chi connectivity index (χ2n) is 5.14. The van der Waals surface area contributed by atoms with Crippen LogP contribution in [0.25, 0.3) is 0 Å². The summed E-state index contributed by atoms with van der Waals surface area (Å²) in [4.78, 5) is 13.0. The number of hydrogen-bond acceptors (Lipinski definition) is 3. The summed E-state index contributed by atoms with van der Waals surface area (Å²) in [5, 5.41) is 0.685. The maximum Gasteiger partial charge on any atom is 0.221 e. The molecule has 1 aromatic rings. The molecular weight excluding hydrogens is 318 g/mol. The third-order valence-corrected chi connectivity index (χ3v) is 3.01. The Balaban J connectivity index is 2.20. The van der Waals surface area contributed by atoms with E-state index in [2.05, 4.69) is 15.5 Å². The first kappa shape index (κ1) is 19.1. The van der Waals surface area contributed by atoms with Crippen LogP contribution in [0.4, 0.5) is 0 Å². The molecule has 0 aliphatic rings. The number of benzene rings is 1. The summed E-state index contributed by atoms with van der Waals surface area (Å²) in [7, 11) is 0. The molecule has 0 amide bonds. The Morgan fingerprint density at radius 2 is 2.04 bits per heavy atom. The van der Waals surface area contributed by atoms with Crippen LogP contribution in [0.1, 0.15) is 25.8 Å². The SMILES string of the molecule is Cc1ccc(OCCCON/C(N)=N/C(N)=NC(C)C)cc1Cl. The second kappa shape index (κ2) is 9.91. The van der Waals surface area contributed by atoms with Crippen molar-refractivity contribution < 1.29 is 9.57 Å². The van der Waals surface area contributed by atoms with Crippen LogP contribution in [-0.4, -0.2) is 31.2 Å². The Bertz CT molecular complexity index is 561. The molecule has 0 aliphatic carbocycles. The van der Waals surface area contributed by atoms with Gasteiger partial charge in [0.25, 0.3) is 0 Å². The average Bonchev–Trinajstić information content (AvgIpc) is 2.45. The normalized spacial score (nSPS) is 12.6. The monoisotopic (exact) mass is 341 g/mol. The molecule has 0 bridgehead atoms. The van der Waals surface area contributed by atoms with Gasteiger partial charge in [0.1, 0.15) is 5.75 Å². The Morgan fingerprint density at radius 3 is 2.70 bits per heavy atom. The standard InChI is InChI=1S/C15H24ClN5O2/c1-10(2)19-14(17)20-15(18)21-23-8-4-7-22-12-6-5-11(3)13(16)9-12/h5-6,9-10H,4,7-8H2,1-3H3,(H5,17,18,19,20,21). The summed E-state index contributed by atoms with van der Waals surface area (Å²) in [5.74, 6) is 0.888. The van der Waals surface area contributed by atoms with E-state index in [4.69, 9.17) is 32.6 Å². The van der Waals surface area contributed by atoms with Crippen LogP contribution in [0.15, 0.2) is 28.2 Å². The van der Waals surface area contributed by atoms with Gasteiger partial charge in [-0.3, -0.25) is 4.84 Å². The average molecular weight is 342 g/mol. The van der Waals surface area contributed by atoms with Gasteiger partial charge in [-0.1, -0.05) is 17.7 Å². The number of halogens is 1. The number of aryl methyl sites for hydroxylation is 1. The molecule has 0 unspecified atom stereocenters. The van der Waals surface area contributed by atoms with Crippen LogP contribution in [-0.2, 0) is 4.84 Å². The molecule has 0 saturated heterocycles. The molecule has 0 aliphatic heterocycles. The van der Waals surface area contributed by atoms with E-state index in [1.165, 1.54) is 0 Å². The van der Waals surface area contributed by atoms with Crippen LogP contribution >= 0.6 is 11.6 Å². The van der Waals surface area contributed by atoms with Gasteiger partial charge >= 0.3 is 0 Å². The highest BCUT2D eigenvalue weighted by Crippen LogP contribution is 2.21. The fraction of sp³-hybridized carbons (Fsp3) is 0.467. The highest BCUT2D eigenvalue weighted by molar-refractivity contribution is 6.31. The highest BCUT2D eigenvalue weighted by Gasteiger charge is 1.99. The zero-order valence-corrected chi connectivity index (χ0v) is 14.4. The minimum absolute atomic E-state index is 0.0538. The number of aliphatic imine (C=N–C) groups is 2. The zero-order chi connectivity index (χ0) is 17.2. The Labute approximate surface area is 141 Å². The molecule has 8 heteroatoms. The highest BCUT2D eigenvalue weighted by atomic mass is 35.5. The summed E-state index contributed by atoms with van der Waals surface area (Å²) in [6, 6.07) is 5.63. The van der Waals surface area contributed by atoms with E-state index in [0.29, 0.717) is 24.7 Å². The molecule has 0 atom stereocenters. The largest absolute Gasteiger partial charge is 0.493 e. The molecule has 0 fully saturated rings. The second-order valence-corrected chi connectivity index (χ2v) is 5.55. The number of nitrogens with two attached hydrogens (primary N) is 2. The molecule has 23 heavy (non-hydrogen) atoms. The van der Waals surface area contributed by atoms with Crippen molar-refractivity contribution in [3.05, 3.63) is 28.8 Å². The topological polar surface area (TPSA) is 107 Å². The lowest BCUT2D eigenvalue weighted by atomic mass is 10.2. The maximum atomic E-state index is 6.02. The Kier molecular flexibility index (Phi) is 8.21. The van der Waals surface area contributed by atoms with E-state index in [0.717, 1.165) is 11.3 Å². The number of nitrogens with zero attached hydrogens (tertiary/aromatic N) is 2. The van der Waals surface area contributed by atoms with E-state index in [-0.39, 0.29) is 18.0 Å². The molecule has 0 heterocycles. The van der Waals surface area contributed by atoms with Crippen molar-refractivity contribution in [2.45, 2.75) is 33.2 Å². The summed E-state index contributed by atoms with van der Waals surface area (Å²) in [5.41, 5.74) is 14.7. The Morgan fingerprint density at radius 1 is 1.30 bits per heavy atom. The lowest BCUT2D eigenvalue weighted by Gasteiger charge is -2.09. The number of guanidine groups is 2. The van der Waals surface area contributed by atoms with Gasteiger partial charge in [0.2, 0.25) is 11.9 Å². The van der Waals surface area contributed by atoms with Crippen molar-refractivity contribution in [1.29, 1.82) is 0 Å². The van der Waals surface area contributed by atoms with Crippen molar-refractivity contribution in [3.63, 3.8) is 0 Å². The molecule has 1 rings (SSSR count). The van der Waals surface area contributed by atoms with Crippen LogP contribution in [0.3, 0.4) is 0 Å². The summed E-state index contributed by atoms with van der Waals surface area (Å²) < 4.78 is 5.56. The number of hydrogen-bond donors (Lipinski definition) is 3.